The lowest BCUT2D eigenvalue weighted by Crippen LogP contribution is -2.24. The Morgan fingerprint density at radius 1 is 1.25 bits per heavy atom. The molecule has 1 atom stereocenters. The fraction of sp³-hybridized carbons (Fsp3) is 0.133. The average Bonchev–Trinajstić information content (AvgIpc) is 2.77. The second kappa shape index (κ2) is 5.13. The van der Waals surface area contributed by atoms with Crippen LogP contribution < -0.4 is 10.6 Å². The molecule has 0 saturated carbocycles. The zero-order valence-electron chi connectivity index (χ0n) is 10.7. The maximum absolute atomic E-state index is 12.0. The summed E-state index contributed by atoms with van der Waals surface area (Å²) in [7, 11) is 0. The fourth-order valence-corrected chi connectivity index (χ4v) is 2.32. The first-order valence-corrected chi connectivity index (χ1v) is 6.34. The quantitative estimate of drug-likeness (QED) is 0.892. The smallest absolute Gasteiger partial charge is 0.252 e. The van der Waals surface area contributed by atoms with E-state index in [1.54, 1.807) is 30.6 Å². The maximum atomic E-state index is 12.0. The summed E-state index contributed by atoms with van der Waals surface area (Å²) in [6, 6.07) is 10.6. The van der Waals surface area contributed by atoms with Crippen LogP contribution in [0.1, 0.15) is 28.4 Å². The van der Waals surface area contributed by atoms with Gasteiger partial charge in [-0.25, -0.2) is 0 Å². The zero-order valence-corrected chi connectivity index (χ0v) is 10.7. The van der Waals surface area contributed by atoms with Gasteiger partial charge in [0, 0.05) is 11.8 Å². The molecule has 1 aliphatic rings. The highest BCUT2D eigenvalue weighted by Gasteiger charge is 2.29. The lowest BCUT2D eigenvalue weighted by molar-refractivity contribution is -0.116. The molecule has 2 heterocycles. The van der Waals surface area contributed by atoms with E-state index in [2.05, 4.69) is 15.6 Å². The summed E-state index contributed by atoms with van der Waals surface area (Å²) in [5.74, 6) is -0.278. The predicted octanol–water partition coefficient (Wildman–Crippen LogP) is 1.89. The number of carbonyl (C=O) groups excluding carboxylic acids is 2. The van der Waals surface area contributed by atoms with Crippen LogP contribution in [0.2, 0.25) is 0 Å². The molecule has 20 heavy (non-hydrogen) atoms. The molecule has 0 fully saturated rings. The average molecular weight is 267 g/mol. The van der Waals surface area contributed by atoms with Crippen molar-refractivity contribution in [2.75, 3.05) is 5.32 Å². The molecule has 3 rings (SSSR count). The van der Waals surface area contributed by atoms with Gasteiger partial charge in [-0.3, -0.25) is 14.6 Å². The molecule has 1 aromatic carbocycles. The summed E-state index contributed by atoms with van der Waals surface area (Å²) in [5.41, 5.74) is 2.17. The van der Waals surface area contributed by atoms with Crippen LogP contribution in [0.5, 0.6) is 0 Å². The van der Waals surface area contributed by atoms with Crippen molar-refractivity contribution in [3.05, 3.63) is 59.9 Å². The molecule has 1 aliphatic heterocycles. The van der Waals surface area contributed by atoms with Crippen molar-refractivity contribution in [3.8, 4) is 0 Å². The predicted molar refractivity (Wildman–Crippen MR) is 74.1 cm³/mol. The van der Waals surface area contributed by atoms with Crippen LogP contribution in [0.4, 0.5) is 5.69 Å². The molecule has 0 aliphatic carbocycles. The summed E-state index contributed by atoms with van der Waals surface area (Å²) >= 11 is 0. The van der Waals surface area contributed by atoms with Gasteiger partial charge in [-0.15, -0.1) is 0 Å². The van der Waals surface area contributed by atoms with Gasteiger partial charge < -0.3 is 10.6 Å². The Hall–Kier alpha value is -2.69. The number of amides is 2. The highest BCUT2D eigenvalue weighted by atomic mass is 16.2. The first-order chi connectivity index (χ1) is 9.74. The van der Waals surface area contributed by atoms with Crippen molar-refractivity contribution in [1.82, 2.24) is 10.3 Å². The molecule has 2 N–H and O–H groups in total. The van der Waals surface area contributed by atoms with Crippen molar-refractivity contribution in [2.24, 2.45) is 0 Å². The van der Waals surface area contributed by atoms with Crippen molar-refractivity contribution in [1.29, 1.82) is 0 Å². The van der Waals surface area contributed by atoms with Crippen molar-refractivity contribution < 1.29 is 9.59 Å². The van der Waals surface area contributed by atoms with Gasteiger partial charge in [-0.2, -0.15) is 0 Å². The van der Waals surface area contributed by atoms with Crippen LogP contribution in [0, 0.1) is 0 Å². The first kappa shape index (κ1) is 12.3. The van der Waals surface area contributed by atoms with Crippen LogP contribution in [-0.2, 0) is 4.79 Å². The number of rotatable bonds is 3. The molecule has 2 amide bonds. The fourth-order valence-electron chi connectivity index (χ4n) is 2.32. The molecular weight excluding hydrogens is 254 g/mol. The number of hydrogen-bond donors (Lipinski definition) is 2. The van der Waals surface area contributed by atoms with E-state index in [1.165, 1.54) is 0 Å². The molecule has 0 saturated heterocycles. The molecule has 0 unspecified atom stereocenters. The monoisotopic (exact) mass is 267 g/mol. The second-order valence-electron chi connectivity index (χ2n) is 4.61. The number of hydrogen-bond acceptors (Lipinski definition) is 3. The second-order valence-corrected chi connectivity index (χ2v) is 4.61. The summed E-state index contributed by atoms with van der Waals surface area (Å²) in [4.78, 5) is 27.7. The molecule has 5 heteroatoms. The van der Waals surface area contributed by atoms with E-state index in [1.807, 2.05) is 18.2 Å². The summed E-state index contributed by atoms with van der Waals surface area (Å²) in [6.45, 7) is 0. The Morgan fingerprint density at radius 2 is 2.10 bits per heavy atom. The Balaban J connectivity index is 1.70. The molecule has 2 aromatic rings. The lowest BCUT2D eigenvalue weighted by Gasteiger charge is -2.11. The van der Waals surface area contributed by atoms with Gasteiger partial charge >= 0.3 is 0 Å². The van der Waals surface area contributed by atoms with Gasteiger partial charge in [0.05, 0.1) is 24.3 Å². The number of carbonyl (C=O) groups is 2. The standard InChI is InChI=1S/C15H13N3O2/c19-14(17-10-4-3-7-16-9-10)8-13-11-5-1-2-6-12(11)15(20)18-13/h1-7,9,13H,8H2,(H,17,19)(H,18,20)/t13-/m0/s1. The van der Waals surface area contributed by atoms with E-state index in [0.717, 1.165) is 5.56 Å². The van der Waals surface area contributed by atoms with E-state index in [-0.39, 0.29) is 24.3 Å². The minimum Gasteiger partial charge on any atom is -0.345 e. The number of nitrogens with zero attached hydrogens (tertiary/aromatic N) is 1. The van der Waals surface area contributed by atoms with Crippen LogP contribution in [0.25, 0.3) is 0 Å². The summed E-state index contributed by atoms with van der Waals surface area (Å²) in [5, 5.41) is 5.58. The van der Waals surface area contributed by atoms with Gasteiger partial charge in [-0.1, -0.05) is 18.2 Å². The number of nitrogens with one attached hydrogen (secondary N) is 2. The first-order valence-electron chi connectivity index (χ1n) is 6.34. The van der Waals surface area contributed by atoms with Crippen LogP contribution in [-0.4, -0.2) is 16.8 Å². The van der Waals surface area contributed by atoms with Gasteiger partial charge in [-0.05, 0) is 23.8 Å². The number of anilines is 1. The highest BCUT2D eigenvalue weighted by molar-refractivity contribution is 6.00. The summed E-state index contributed by atoms with van der Waals surface area (Å²) in [6.07, 6.45) is 3.43. The molecule has 100 valence electrons. The van der Waals surface area contributed by atoms with Gasteiger partial charge in [0.25, 0.3) is 5.91 Å². The number of fused-ring (bicyclic) bond motifs is 1. The molecular formula is C15H13N3O2. The van der Waals surface area contributed by atoms with Crippen LogP contribution in [0.15, 0.2) is 48.8 Å². The van der Waals surface area contributed by atoms with Gasteiger partial charge in [0.2, 0.25) is 5.91 Å². The molecule has 0 radical (unpaired) electrons. The largest absolute Gasteiger partial charge is 0.345 e. The Kier molecular flexibility index (Phi) is 3.16. The van der Waals surface area contributed by atoms with E-state index >= 15 is 0 Å². The number of benzene rings is 1. The van der Waals surface area contributed by atoms with E-state index in [4.69, 9.17) is 0 Å². The zero-order chi connectivity index (χ0) is 13.9. The van der Waals surface area contributed by atoms with E-state index in [0.29, 0.717) is 11.3 Å². The molecule has 5 nitrogen and oxygen atoms in total. The minimum atomic E-state index is -0.268. The normalized spacial score (nSPS) is 16.4. The third-order valence-corrected chi connectivity index (χ3v) is 3.22. The van der Waals surface area contributed by atoms with Gasteiger partial charge in [0.1, 0.15) is 0 Å². The molecule has 0 bridgehead atoms. The Labute approximate surface area is 116 Å². The summed E-state index contributed by atoms with van der Waals surface area (Å²) < 4.78 is 0. The van der Waals surface area contributed by atoms with Crippen LogP contribution >= 0.6 is 0 Å². The number of aromatic nitrogens is 1. The third kappa shape index (κ3) is 2.38. The Morgan fingerprint density at radius 3 is 2.90 bits per heavy atom. The molecule has 0 spiro atoms. The number of pyridine rings is 1. The maximum Gasteiger partial charge on any atom is 0.252 e. The highest BCUT2D eigenvalue weighted by Crippen LogP contribution is 2.27. The lowest BCUT2D eigenvalue weighted by atomic mass is 10.0. The minimum absolute atomic E-state index is 0.125. The van der Waals surface area contributed by atoms with E-state index in [9.17, 15) is 9.59 Å². The van der Waals surface area contributed by atoms with Crippen LogP contribution in [0.3, 0.4) is 0 Å². The third-order valence-electron chi connectivity index (χ3n) is 3.22. The van der Waals surface area contributed by atoms with E-state index < -0.39 is 0 Å². The Bertz CT molecular complexity index is 655. The van der Waals surface area contributed by atoms with Crippen molar-refractivity contribution >= 4 is 17.5 Å². The van der Waals surface area contributed by atoms with Crippen molar-refractivity contribution in [3.63, 3.8) is 0 Å². The molecule has 1 aromatic heterocycles. The topological polar surface area (TPSA) is 71.1 Å². The SMILES string of the molecule is O=C(C[C@@H]1NC(=O)c2ccccc21)Nc1cccnc1. The van der Waals surface area contributed by atoms with Crippen molar-refractivity contribution in [2.45, 2.75) is 12.5 Å². The van der Waals surface area contributed by atoms with Gasteiger partial charge in [0.15, 0.2) is 0 Å².